The largest absolute Gasteiger partial charge is 0.481 e. The van der Waals surface area contributed by atoms with Crippen molar-refractivity contribution >= 4 is 11.6 Å². The molecule has 1 aromatic rings. The van der Waals surface area contributed by atoms with Gasteiger partial charge >= 0.3 is 0 Å². The summed E-state index contributed by atoms with van der Waals surface area (Å²) in [6.45, 7) is 3.47. The molecule has 0 radical (unpaired) electrons. The van der Waals surface area contributed by atoms with Gasteiger partial charge in [0, 0.05) is 11.6 Å². The Morgan fingerprint density at radius 2 is 2.26 bits per heavy atom. The van der Waals surface area contributed by atoms with E-state index in [1.54, 1.807) is 26.0 Å². The molecule has 2 heterocycles. The molecule has 6 heteroatoms. The molecule has 2 aliphatic heterocycles. The molecule has 1 atom stereocenters. The highest BCUT2D eigenvalue weighted by Crippen LogP contribution is 2.40. The van der Waals surface area contributed by atoms with Gasteiger partial charge in [-0.2, -0.15) is 10.2 Å². The van der Waals surface area contributed by atoms with Crippen LogP contribution in [-0.4, -0.2) is 12.5 Å². The lowest BCUT2D eigenvalue weighted by Gasteiger charge is -2.23. The minimum atomic E-state index is -0.842. The lowest BCUT2D eigenvalue weighted by atomic mass is 9.91. The van der Waals surface area contributed by atoms with Crippen LogP contribution in [0.1, 0.15) is 19.4 Å². The number of hydrogen-bond donors (Lipinski definition) is 1. The fourth-order valence-corrected chi connectivity index (χ4v) is 2.27. The zero-order chi connectivity index (χ0) is 13.6. The van der Waals surface area contributed by atoms with Crippen molar-refractivity contribution < 1.29 is 13.9 Å². The van der Waals surface area contributed by atoms with Crippen LogP contribution in [0.2, 0.25) is 0 Å². The topological polar surface area (TPSA) is 63.0 Å². The Morgan fingerprint density at radius 3 is 2.95 bits per heavy atom. The number of amides is 1. The van der Waals surface area contributed by atoms with E-state index in [2.05, 4.69) is 15.5 Å². The van der Waals surface area contributed by atoms with Crippen LogP contribution in [-0.2, 0) is 10.3 Å². The maximum Gasteiger partial charge on any atom is 0.262 e. The zero-order valence-electron chi connectivity index (χ0n) is 10.5. The van der Waals surface area contributed by atoms with Crippen molar-refractivity contribution in [3.8, 4) is 5.75 Å². The molecule has 2 aliphatic rings. The van der Waals surface area contributed by atoms with Crippen molar-refractivity contribution in [3.05, 3.63) is 35.3 Å². The van der Waals surface area contributed by atoms with Crippen molar-refractivity contribution in [2.45, 2.75) is 19.4 Å². The summed E-state index contributed by atoms with van der Waals surface area (Å²) in [4.78, 5) is 11.3. The zero-order valence-corrected chi connectivity index (χ0v) is 10.5. The number of nitrogens with zero attached hydrogens (tertiary/aromatic N) is 2. The third-order valence-corrected chi connectivity index (χ3v) is 3.15. The molecule has 3 rings (SSSR count). The maximum absolute atomic E-state index is 14.2. The van der Waals surface area contributed by atoms with Gasteiger partial charge in [-0.25, -0.2) is 4.39 Å². The Hall–Kier alpha value is -2.24. The van der Waals surface area contributed by atoms with Crippen LogP contribution in [0.4, 0.5) is 10.1 Å². The molecule has 0 aromatic heterocycles. The normalized spacial score (nSPS) is 24.6. The third-order valence-electron chi connectivity index (χ3n) is 3.15. The summed E-state index contributed by atoms with van der Waals surface area (Å²) >= 11 is 0. The van der Waals surface area contributed by atoms with Gasteiger partial charge in [-0.1, -0.05) is 0 Å². The summed E-state index contributed by atoms with van der Waals surface area (Å²) < 4.78 is 19.3. The highest BCUT2D eigenvalue weighted by atomic mass is 19.1. The van der Waals surface area contributed by atoms with Gasteiger partial charge in [0.2, 0.25) is 0 Å². The van der Waals surface area contributed by atoms with E-state index in [1.807, 2.05) is 0 Å². The van der Waals surface area contributed by atoms with Gasteiger partial charge in [0.15, 0.2) is 6.61 Å². The van der Waals surface area contributed by atoms with E-state index in [0.29, 0.717) is 17.0 Å². The first-order chi connectivity index (χ1) is 8.98. The number of azo groups is 1. The highest BCUT2D eigenvalue weighted by molar-refractivity contribution is 5.95. The summed E-state index contributed by atoms with van der Waals surface area (Å²) in [5.74, 6) is -0.350. The molecule has 19 heavy (non-hydrogen) atoms. The van der Waals surface area contributed by atoms with Gasteiger partial charge in [0.1, 0.15) is 17.1 Å². The van der Waals surface area contributed by atoms with Crippen LogP contribution < -0.4 is 10.1 Å². The van der Waals surface area contributed by atoms with Gasteiger partial charge in [-0.05, 0) is 26.0 Å². The molecule has 0 bridgehead atoms. The summed E-state index contributed by atoms with van der Waals surface area (Å²) in [5, 5.41) is 10.7. The van der Waals surface area contributed by atoms with Gasteiger partial charge in [-0.3, -0.25) is 4.79 Å². The Morgan fingerprint density at radius 1 is 1.47 bits per heavy atom. The lowest BCUT2D eigenvalue weighted by Crippen LogP contribution is -2.26. The minimum Gasteiger partial charge on any atom is -0.481 e. The molecular formula is C13H12FN3O2. The van der Waals surface area contributed by atoms with Gasteiger partial charge in [0.05, 0.1) is 11.4 Å². The van der Waals surface area contributed by atoms with Gasteiger partial charge < -0.3 is 10.1 Å². The van der Waals surface area contributed by atoms with Crippen LogP contribution in [0.5, 0.6) is 5.75 Å². The van der Waals surface area contributed by atoms with Crippen LogP contribution >= 0.6 is 0 Å². The average molecular weight is 261 g/mol. The van der Waals surface area contributed by atoms with Crippen molar-refractivity contribution in [2.24, 2.45) is 10.2 Å². The van der Waals surface area contributed by atoms with Crippen molar-refractivity contribution in [3.63, 3.8) is 0 Å². The molecule has 0 spiro atoms. The monoisotopic (exact) mass is 261 g/mol. The highest BCUT2D eigenvalue weighted by Gasteiger charge is 2.32. The van der Waals surface area contributed by atoms with Crippen LogP contribution in [0, 0.1) is 5.82 Å². The number of carbonyl (C=O) groups is 1. The number of carbonyl (C=O) groups excluding carboxylic acids is 1. The third kappa shape index (κ3) is 1.89. The molecule has 0 saturated carbocycles. The standard InChI is InChI=1S/C13H12FN3O2/c1-7-5-13(2,17-16-7)8-3-10-11(4-9(8)14)19-6-12(18)15-10/h3-5H,6H2,1-2H3,(H,15,18). The van der Waals surface area contributed by atoms with Crippen molar-refractivity contribution in [1.29, 1.82) is 0 Å². The summed E-state index contributed by atoms with van der Waals surface area (Å²) in [6, 6.07) is 2.82. The van der Waals surface area contributed by atoms with E-state index < -0.39 is 11.4 Å². The van der Waals surface area contributed by atoms with E-state index in [4.69, 9.17) is 4.74 Å². The number of anilines is 1. The van der Waals surface area contributed by atoms with E-state index in [9.17, 15) is 9.18 Å². The fraction of sp³-hybridized carbons (Fsp3) is 0.308. The molecule has 98 valence electrons. The molecule has 0 saturated heterocycles. The van der Waals surface area contributed by atoms with Crippen molar-refractivity contribution in [1.82, 2.24) is 0 Å². The predicted molar refractivity (Wildman–Crippen MR) is 66.5 cm³/mol. The SMILES string of the molecule is CC1=CC(C)(c2cc3c(cc2F)OCC(=O)N3)N=N1. The summed E-state index contributed by atoms with van der Waals surface area (Å²) in [6.07, 6.45) is 1.78. The number of ether oxygens (including phenoxy) is 1. The molecule has 0 aliphatic carbocycles. The summed E-state index contributed by atoms with van der Waals surface area (Å²) in [5.41, 5.74) is 0.713. The molecule has 1 aromatic carbocycles. The number of allylic oxidation sites excluding steroid dienone is 1. The summed E-state index contributed by atoms with van der Waals surface area (Å²) in [7, 11) is 0. The fourth-order valence-electron chi connectivity index (χ4n) is 2.27. The van der Waals surface area contributed by atoms with E-state index >= 15 is 0 Å². The number of fused-ring (bicyclic) bond motifs is 1. The Bertz CT molecular complexity index is 639. The first-order valence-electron chi connectivity index (χ1n) is 5.87. The second-order valence-electron chi connectivity index (χ2n) is 4.80. The average Bonchev–Trinajstić information content (AvgIpc) is 2.70. The van der Waals surface area contributed by atoms with Gasteiger partial charge in [0.25, 0.3) is 5.91 Å². The predicted octanol–water partition coefficient (Wildman–Crippen LogP) is 2.74. The molecular weight excluding hydrogens is 249 g/mol. The number of nitrogens with one attached hydrogen (secondary N) is 1. The number of halogens is 1. The molecule has 1 amide bonds. The van der Waals surface area contributed by atoms with Crippen LogP contribution in [0.25, 0.3) is 0 Å². The number of benzene rings is 1. The Balaban J connectivity index is 2.11. The van der Waals surface area contributed by atoms with Crippen molar-refractivity contribution in [2.75, 3.05) is 11.9 Å². The van der Waals surface area contributed by atoms with Crippen LogP contribution in [0.15, 0.2) is 34.1 Å². The number of rotatable bonds is 1. The van der Waals surface area contributed by atoms with E-state index in [-0.39, 0.29) is 12.5 Å². The smallest absolute Gasteiger partial charge is 0.262 e. The van der Waals surface area contributed by atoms with E-state index in [1.165, 1.54) is 6.07 Å². The quantitative estimate of drug-likeness (QED) is 0.844. The lowest BCUT2D eigenvalue weighted by molar-refractivity contribution is -0.118. The minimum absolute atomic E-state index is 0.0955. The number of hydrogen-bond acceptors (Lipinski definition) is 4. The second-order valence-corrected chi connectivity index (χ2v) is 4.80. The Labute approximate surface area is 109 Å². The molecule has 1 N–H and O–H groups in total. The molecule has 1 unspecified atom stereocenters. The van der Waals surface area contributed by atoms with Crippen LogP contribution in [0.3, 0.4) is 0 Å². The molecule has 5 nitrogen and oxygen atoms in total. The van der Waals surface area contributed by atoms with Gasteiger partial charge in [-0.15, -0.1) is 0 Å². The maximum atomic E-state index is 14.2. The van der Waals surface area contributed by atoms with E-state index in [0.717, 1.165) is 5.70 Å². The second kappa shape index (κ2) is 3.88. The first kappa shape index (κ1) is 11.8. The molecule has 0 fully saturated rings. The Kier molecular flexibility index (Phi) is 2.41. The first-order valence-corrected chi connectivity index (χ1v) is 5.87.